The van der Waals surface area contributed by atoms with E-state index in [2.05, 4.69) is 74.2 Å². The molecule has 4 aromatic carbocycles. The minimum Gasteiger partial charge on any atom is -0.456 e. The van der Waals surface area contributed by atoms with Gasteiger partial charge in [-0.05, 0) is 69.2 Å². The summed E-state index contributed by atoms with van der Waals surface area (Å²) < 4.78 is 6.42. The average Bonchev–Trinajstić information content (AvgIpc) is 2.74. The molecule has 2 heteroatoms. The molecular weight excluding hydrogens is 342 g/mol. The first kappa shape index (κ1) is 15.4. The van der Waals surface area contributed by atoms with Crippen molar-refractivity contribution in [1.29, 1.82) is 0 Å². The van der Waals surface area contributed by atoms with Crippen molar-refractivity contribution < 1.29 is 4.74 Å². The standard InChI is InChI=1S/C26H17NO/c1-3-16-13-23-22(12-15(16)2)26-25-20(10-11-27-26)19-9-8-17-6-4-5-7-18(17)21(19)14-24(25)28-23/h3-14H,1H2,2H3. The Morgan fingerprint density at radius 2 is 1.75 bits per heavy atom. The Labute approximate surface area is 162 Å². The number of rotatable bonds is 1. The Hall–Kier alpha value is -3.65. The lowest BCUT2D eigenvalue weighted by Gasteiger charge is -2.23. The number of hydrogen-bond donors (Lipinski definition) is 0. The molecule has 5 aromatic rings. The summed E-state index contributed by atoms with van der Waals surface area (Å²) in [7, 11) is 0. The van der Waals surface area contributed by atoms with Crippen LogP contribution in [-0.4, -0.2) is 4.98 Å². The fourth-order valence-corrected chi connectivity index (χ4v) is 4.42. The van der Waals surface area contributed by atoms with Gasteiger partial charge < -0.3 is 4.74 Å². The molecule has 0 saturated heterocycles. The molecule has 6 rings (SSSR count). The number of ether oxygens (including phenoxy) is 1. The molecule has 1 aliphatic heterocycles. The predicted octanol–water partition coefficient (Wildman–Crippen LogP) is 7.27. The normalized spacial score (nSPS) is 12.2. The number of benzene rings is 4. The quantitative estimate of drug-likeness (QED) is 0.288. The van der Waals surface area contributed by atoms with Crippen molar-refractivity contribution in [2.75, 3.05) is 0 Å². The third-order valence-electron chi connectivity index (χ3n) is 5.80. The van der Waals surface area contributed by atoms with Gasteiger partial charge >= 0.3 is 0 Å². The first-order valence-electron chi connectivity index (χ1n) is 9.43. The van der Waals surface area contributed by atoms with Crippen molar-refractivity contribution in [3.8, 4) is 22.8 Å². The second-order valence-corrected chi connectivity index (χ2v) is 7.35. The summed E-state index contributed by atoms with van der Waals surface area (Å²) in [6, 6.07) is 21.4. The molecule has 0 bridgehead atoms. The third-order valence-corrected chi connectivity index (χ3v) is 5.80. The summed E-state index contributed by atoms with van der Waals surface area (Å²) in [6.07, 6.45) is 3.78. The van der Waals surface area contributed by atoms with E-state index in [1.807, 2.05) is 12.3 Å². The molecule has 0 aliphatic carbocycles. The number of hydrogen-bond acceptors (Lipinski definition) is 2. The van der Waals surface area contributed by atoms with E-state index in [-0.39, 0.29) is 0 Å². The van der Waals surface area contributed by atoms with Crippen LogP contribution in [0.15, 0.2) is 73.4 Å². The number of fused-ring (bicyclic) bond motifs is 6. The van der Waals surface area contributed by atoms with Crippen LogP contribution in [0.4, 0.5) is 0 Å². The lowest BCUT2D eigenvalue weighted by atomic mass is 9.92. The van der Waals surface area contributed by atoms with Gasteiger partial charge in [0.05, 0.1) is 11.1 Å². The van der Waals surface area contributed by atoms with E-state index in [4.69, 9.17) is 9.72 Å². The molecule has 0 unspecified atom stereocenters. The zero-order valence-corrected chi connectivity index (χ0v) is 15.5. The number of pyridine rings is 1. The largest absolute Gasteiger partial charge is 0.456 e. The van der Waals surface area contributed by atoms with Gasteiger partial charge in [-0.15, -0.1) is 0 Å². The summed E-state index contributed by atoms with van der Waals surface area (Å²) in [5, 5.41) is 7.17. The monoisotopic (exact) mass is 359 g/mol. The minimum absolute atomic E-state index is 0.840. The summed E-state index contributed by atoms with van der Waals surface area (Å²) in [6.45, 7) is 6.02. The van der Waals surface area contributed by atoms with Gasteiger partial charge in [-0.3, -0.25) is 4.98 Å². The zero-order valence-electron chi connectivity index (χ0n) is 15.5. The molecule has 1 aromatic heterocycles. The molecule has 2 heterocycles. The average molecular weight is 359 g/mol. The maximum Gasteiger partial charge on any atom is 0.138 e. The number of nitrogens with zero attached hydrogens (tertiary/aromatic N) is 1. The Morgan fingerprint density at radius 1 is 0.857 bits per heavy atom. The molecule has 0 saturated carbocycles. The second kappa shape index (κ2) is 5.43. The molecule has 0 spiro atoms. The first-order valence-corrected chi connectivity index (χ1v) is 9.43. The molecular formula is C26H17NO. The highest BCUT2D eigenvalue weighted by atomic mass is 16.5. The topological polar surface area (TPSA) is 22.1 Å². The molecule has 28 heavy (non-hydrogen) atoms. The Balaban J connectivity index is 1.79. The van der Waals surface area contributed by atoms with Crippen LogP contribution >= 0.6 is 0 Å². The van der Waals surface area contributed by atoms with E-state index in [1.165, 1.54) is 32.5 Å². The van der Waals surface area contributed by atoms with Crippen LogP contribution in [0.3, 0.4) is 0 Å². The lowest BCUT2D eigenvalue weighted by molar-refractivity contribution is 0.487. The van der Waals surface area contributed by atoms with Crippen LogP contribution in [-0.2, 0) is 0 Å². The van der Waals surface area contributed by atoms with E-state index >= 15 is 0 Å². The molecule has 1 aliphatic rings. The van der Waals surface area contributed by atoms with Crippen molar-refractivity contribution >= 4 is 38.4 Å². The Kier molecular flexibility index (Phi) is 2.99. The zero-order chi connectivity index (χ0) is 18.8. The third kappa shape index (κ3) is 1.95. The first-order chi connectivity index (χ1) is 13.7. The maximum atomic E-state index is 6.42. The van der Waals surface area contributed by atoms with Gasteiger partial charge in [-0.25, -0.2) is 0 Å². The van der Waals surface area contributed by atoms with Gasteiger partial charge in [-0.2, -0.15) is 0 Å². The maximum absolute atomic E-state index is 6.42. The Bertz CT molecular complexity index is 1460. The molecule has 0 atom stereocenters. The Morgan fingerprint density at radius 3 is 2.64 bits per heavy atom. The predicted molar refractivity (Wildman–Crippen MR) is 117 cm³/mol. The van der Waals surface area contributed by atoms with Crippen molar-refractivity contribution in [2.24, 2.45) is 0 Å². The highest BCUT2D eigenvalue weighted by Gasteiger charge is 2.23. The number of aryl methyl sites for hydroxylation is 1. The molecule has 0 radical (unpaired) electrons. The minimum atomic E-state index is 0.840. The van der Waals surface area contributed by atoms with Crippen LogP contribution in [0.1, 0.15) is 11.1 Å². The van der Waals surface area contributed by atoms with Crippen LogP contribution in [0.2, 0.25) is 0 Å². The van der Waals surface area contributed by atoms with Gasteiger partial charge in [0.1, 0.15) is 11.5 Å². The van der Waals surface area contributed by atoms with Crippen molar-refractivity contribution in [3.05, 3.63) is 84.6 Å². The molecule has 132 valence electrons. The van der Waals surface area contributed by atoms with Crippen molar-refractivity contribution in [2.45, 2.75) is 6.92 Å². The van der Waals surface area contributed by atoms with E-state index in [9.17, 15) is 0 Å². The second-order valence-electron chi connectivity index (χ2n) is 7.35. The van der Waals surface area contributed by atoms with Crippen LogP contribution < -0.4 is 4.74 Å². The van der Waals surface area contributed by atoms with Gasteiger partial charge in [0.2, 0.25) is 0 Å². The summed E-state index contributed by atoms with van der Waals surface area (Å²) in [4.78, 5) is 4.74. The van der Waals surface area contributed by atoms with Crippen LogP contribution in [0.25, 0.3) is 49.7 Å². The molecule has 0 N–H and O–H groups in total. The SMILES string of the molecule is C=Cc1cc2c(cc1C)-c1nccc3c1c(cc1c4ccccc4ccc31)O2. The van der Waals surface area contributed by atoms with E-state index in [1.54, 1.807) is 0 Å². The molecule has 0 amide bonds. The van der Waals surface area contributed by atoms with Gasteiger partial charge in [0.25, 0.3) is 0 Å². The fraction of sp³-hybridized carbons (Fsp3) is 0.0385. The van der Waals surface area contributed by atoms with Gasteiger partial charge in [0, 0.05) is 11.8 Å². The summed E-state index contributed by atoms with van der Waals surface area (Å²) >= 11 is 0. The summed E-state index contributed by atoms with van der Waals surface area (Å²) in [5.41, 5.74) is 4.29. The van der Waals surface area contributed by atoms with Gasteiger partial charge in [0.15, 0.2) is 0 Å². The highest BCUT2D eigenvalue weighted by Crippen LogP contribution is 2.49. The van der Waals surface area contributed by atoms with E-state index in [0.29, 0.717) is 0 Å². The van der Waals surface area contributed by atoms with E-state index in [0.717, 1.165) is 33.7 Å². The van der Waals surface area contributed by atoms with Gasteiger partial charge in [-0.1, -0.05) is 49.1 Å². The summed E-state index contributed by atoms with van der Waals surface area (Å²) in [5.74, 6) is 1.71. The molecule has 0 fully saturated rings. The smallest absolute Gasteiger partial charge is 0.138 e. The highest BCUT2D eigenvalue weighted by molar-refractivity contribution is 6.21. The van der Waals surface area contributed by atoms with Crippen molar-refractivity contribution in [1.82, 2.24) is 4.98 Å². The fourth-order valence-electron chi connectivity index (χ4n) is 4.42. The van der Waals surface area contributed by atoms with Crippen LogP contribution in [0.5, 0.6) is 11.5 Å². The lowest BCUT2D eigenvalue weighted by Crippen LogP contribution is -2.01. The number of aromatic nitrogens is 1. The van der Waals surface area contributed by atoms with E-state index < -0.39 is 0 Å². The van der Waals surface area contributed by atoms with Crippen molar-refractivity contribution in [3.63, 3.8) is 0 Å². The van der Waals surface area contributed by atoms with Crippen LogP contribution in [0, 0.1) is 6.92 Å². The molecule has 2 nitrogen and oxygen atoms in total.